The second-order valence-corrected chi connectivity index (χ2v) is 4.17. The van der Waals surface area contributed by atoms with Gasteiger partial charge in [-0.2, -0.15) is 0 Å². The van der Waals surface area contributed by atoms with Crippen LogP contribution >= 0.6 is 23.7 Å². The minimum atomic E-state index is 0. The van der Waals surface area contributed by atoms with Crippen LogP contribution < -0.4 is 5.32 Å². The molecule has 12 heavy (non-hydrogen) atoms. The average Bonchev–Trinajstić information content (AvgIpc) is 2.60. The summed E-state index contributed by atoms with van der Waals surface area (Å²) in [5.41, 5.74) is 0. The second-order valence-electron chi connectivity index (χ2n) is 3.14. The Balaban J connectivity index is 0.000000720. The van der Waals surface area contributed by atoms with Crippen LogP contribution in [0, 0.1) is 5.92 Å². The Kier molecular flexibility index (Phi) is 4.06. The Bertz CT molecular complexity index is 204. The van der Waals surface area contributed by atoms with E-state index in [0.29, 0.717) is 0 Å². The van der Waals surface area contributed by atoms with Crippen molar-refractivity contribution in [2.45, 2.75) is 12.8 Å². The van der Waals surface area contributed by atoms with E-state index in [0.717, 1.165) is 5.92 Å². The van der Waals surface area contributed by atoms with E-state index >= 15 is 0 Å². The Morgan fingerprint density at radius 2 is 2.50 bits per heavy atom. The van der Waals surface area contributed by atoms with Crippen molar-refractivity contribution in [2.24, 2.45) is 5.92 Å². The van der Waals surface area contributed by atoms with Gasteiger partial charge in [0.05, 0.1) is 0 Å². The lowest BCUT2D eigenvalue weighted by molar-refractivity contribution is 0.585. The van der Waals surface area contributed by atoms with Crippen LogP contribution in [0.15, 0.2) is 17.5 Å². The van der Waals surface area contributed by atoms with Crippen molar-refractivity contribution >= 4 is 23.7 Å². The highest BCUT2D eigenvalue weighted by molar-refractivity contribution is 7.09. The van der Waals surface area contributed by atoms with Crippen molar-refractivity contribution in [1.82, 2.24) is 5.32 Å². The van der Waals surface area contributed by atoms with E-state index in [1.54, 1.807) is 4.88 Å². The molecule has 1 N–H and O–H groups in total. The summed E-state index contributed by atoms with van der Waals surface area (Å²) in [6.45, 7) is 2.44. The van der Waals surface area contributed by atoms with Crippen molar-refractivity contribution in [1.29, 1.82) is 0 Å². The highest BCUT2D eigenvalue weighted by Crippen LogP contribution is 2.18. The molecule has 0 bridgehead atoms. The first-order valence-corrected chi connectivity index (χ1v) is 5.06. The van der Waals surface area contributed by atoms with Crippen LogP contribution in [0.3, 0.4) is 0 Å². The molecule has 0 saturated carbocycles. The molecule has 1 aliphatic heterocycles. The van der Waals surface area contributed by atoms with Gasteiger partial charge < -0.3 is 5.32 Å². The van der Waals surface area contributed by atoms with Crippen LogP contribution in [0.1, 0.15) is 11.3 Å². The van der Waals surface area contributed by atoms with Gasteiger partial charge in [0.15, 0.2) is 0 Å². The monoisotopic (exact) mass is 203 g/mol. The van der Waals surface area contributed by atoms with E-state index in [-0.39, 0.29) is 12.4 Å². The molecule has 1 aromatic rings. The maximum Gasteiger partial charge on any atom is 0.00484 e. The fourth-order valence-electron chi connectivity index (χ4n) is 1.60. The summed E-state index contributed by atoms with van der Waals surface area (Å²) in [6, 6.07) is 4.38. The third-order valence-corrected chi connectivity index (χ3v) is 3.13. The number of rotatable bonds is 2. The van der Waals surface area contributed by atoms with Crippen LogP contribution in [-0.4, -0.2) is 13.1 Å². The molecule has 0 aliphatic carbocycles. The van der Waals surface area contributed by atoms with Gasteiger partial charge in [0, 0.05) is 4.88 Å². The predicted molar refractivity (Wildman–Crippen MR) is 56.2 cm³/mol. The van der Waals surface area contributed by atoms with Gasteiger partial charge in [0.25, 0.3) is 0 Å². The van der Waals surface area contributed by atoms with Gasteiger partial charge in [-0.15, -0.1) is 23.7 Å². The summed E-state index contributed by atoms with van der Waals surface area (Å²) in [5, 5.41) is 5.55. The van der Waals surface area contributed by atoms with Crippen molar-refractivity contribution in [3.8, 4) is 0 Å². The molecule has 1 fully saturated rings. The SMILES string of the molecule is Cl.c1csc(CC2CCNC2)c1. The first-order valence-electron chi connectivity index (χ1n) is 4.18. The Morgan fingerprint density at radius 3 is 3.08 bits per heavy atom. The van der Waals surface area contributed by atoms with Gasteiger partial charge in [-0.1, -0.05) is 6.07 Å². The van der Waals surface area contributed by atoms with Gasteiger partial charge in [0.2, 0.25) is 0 Å². The Morgan fingerprint density at radius 1 is 1.58 bits per heavy atom. The molecular formula is C9H14ClNS. The highest BCUT2D eigenvalue weighted by Gasteiger charge is 2.14. The lowest BCUT2D eigenvalue weighted by atomic mass is 10.0. The first-order chi connectivity index (χ1) is 5.45. The molecule has 0 radical (unpaired) electrons. The zero-order chi connectivity index (χ0) is 7.52. The molecule has 1 nitrogen and oxygen atoms in total. The topological polar surface area (TPSA) is 12.0 Å². The molecule has 0 amide bonds. The van der Waals surface area contributed by atoms with E-state index in [2.05, 4.69) is 22.8 Å². The number of hydrogen-bond acceptors (Lipinski definition) is 2. The first kappa shape index (κ1) is 10.0. The standard InChI is InChI=1S/C9H13NS.ClH/c1-2-9(11-5-1)6-8-3-4-10-7-8;/h1-2,5,8,10H,3-4,6-7H2;1H. The normalized spacial score (nSPS) is 22.2. The van der Waals surface area contributed by atoms with Crippen molar-refractivity contribution < 1.29 is 0 Å². The van der Waals surface area contributed by atoms with E-state index in [1.165, 1.54) is 25.9 Å². The fourth-order valence-corrected chi connectivity index (χ4v) is 2.42. The summed E-state index contributed by atoms with van der Waals surface area (Å²) in [6.07, 6.45) is 2.64. The maximum absolute atomic E-state index is 3.39. The fraction of sp³-hybridized carbons (Fsp3) is 0.556. The number of thiophene rings is 1. The molecule has 0 aromatic carbocycles. The average molecular weight is 204 g/mol. The third-order valence-electron chi connectivity index (χ3n) is 2.23. The summed E-state index contributed by atoms with van der Waals surface area (Å²) in [7, 11) is 0. The minimum absolute atomic E-state index is 0. The van der Waals surface area contributed by atoms with Gasteiger partial charge in [0.1, 0.15) is 0 Å². The quantitative estimate of drug-likeness (QED) is 0.778. The summed E-state index contributed by atoms with van der Waals surface area (Å²) in [5.74, 6) is 0.897. The van der Waals surface area contributed by atoms with Gasteiger partial charge in [-0.05, 0) is 43.3 Å². The third kappa shape index (κ3) is 2.47. The molecular weight excluding hydrogens is 190 g/mol. The number of nitrogens with one attached hydrogen (secondary N) is 1. The lowest BCUT2D eigenvalue weighted by Gasteiger charge is -2.04. The van der Waals surface area contributed by atoms with Crippen LogP contribution in [-0.2, 0) is 6.42 Å². The van der Waals surface area contributed by atoms with Crippen LogP contribution in [0.25, 0.3) is 0 Å². The van der Waals surface area contributed by atoms with Crippen molar-refractivity contribution in [3.05, 3.63) is 22.4 Å². The van der Waals surface area contributed by atoms with Crippen molar-refractivity contribution in [2.75, 3.05) is 13.1 Å². The van der Waals surface area contributed by atoms with E-state index in [9.17, 15) is 0 Å². The number of hydrogen-bond donors (Lipinski definition) is 1. The van der Waals surface area contributed by atoms with Gasteiger partial charge >= 0.3 is 0 Å². The molecule has 2 heterocycles. The zero-order valence-corrected chi connectivity index (χ0v) is 8.59. The maximum atomic E-state index is 3.39. The van der Waals surface area contributed by atoms with Gasteiger partial charge in [-0.25, -0.2) is 0 Å². The van der Waals surface area contributed by atoms with E-state index in [4.69, 9.17) is 0 Å². The largest absolute Gasteiger partial charge is 0.316 e. The van der Waals surface area contributed by atoms with Crippen LogP contribution in [0.2, 0.25) is 0 Å². The Hall–Kier alpha value is -0.0500. The summed E-state index contributed by atoms with van der Waals surface area (Å²) < 4.78 is 0. The molecule has 1 aliphatic rings. The van der Waals surface area contributed by atoms with E-state index < -0.39 is 0 Å². The summed E-state index contributed by atoms with van der Waals surface area (Å²) in [4.78, 5) is 1.54. The molecule has 1 atom stereocenters. The Labute approximate surface area is 83.6 Å². The highest BCUT2D eigenvalue weighted by atomic mass is 35.5. The molecule has 2 rings (SSSR count). The van der Waals surface area contributed by atoms with Crippen molar-refractivity contribution in [3.63, 3.8) is 0 Å². The molecule has 1 unspecified atom stereocenters. The number of halogens is 1. The van der Waals surface area contributed by atoms with Gasteiger partial charge in [-0.3, -0.25) is 0 Å². The molecule has 0 spiro atoms. The minimum Gasteiger partial charge on any atom is -0.316 e. The van der Waals surface area contributed by atoms with E-state index in [1.807, 2.05) is 11.3 Å². The van der Waals surface area contributed by atoms with Crippen LogP contribution in [0.5, 0.6) is 0 Å². The molecule has 1 aromatic heterocycles. The second kappa shape index (κ2) is 4.85. The lowest BCUT2D eigenvalue weighted by Crippen LogP contribution is -2.10. The summed E-state index contributed by atoms with van der Waals surface area (Å²) >= 11 is 1.88. The molecule has 1 saturated heterocycles. The predicted octanol–water partition coefficient (Wildman–Crippen LogP) is 2.32. The smallest absolute Gasteiger partial charge is 0.00484 e. The molecule has 68 valence electrons. The molecule has 3 heteroatoms. The zero-order valence-electron chi connectivity index (χ0n) is 6.95. The van der Waals surface area contributed by atoms with Crippen LogP contribution in [0.4, 0.5) is 0 Å².